The zero-order chi connectivity index (χ0) is 24.1. The highest BCUT2D eigenvalue weighted by molar-refractivity contribution is 6.51. The number of nitrogens with zero attached hydrogens (tertiary/aromatic N) is 2. The van der Waals surface area contributed by atoms with Gasteiger partial charge in [-0.1, -0.05) is 11.6 Å². The standard InChI is InChI=1S/C25H20ClN3O5/c1-12-9-16-17(10-13(12)2)28-25(27-16)29-21(18-5-4-8-34-18)20(23(31)24(29)32)22(30)14-6-7-15(26)19(11-14)33-3/h4-11,21,30H,1-3H3,(H,27,28)/b22-20+. The van der Waals surface area contributed by atoms with Crippen molar-refractivity contribution in [3.8, 4) is 5.75 Å². The first-order valence-electron chi connectivity index (χ1n) is 10.5. The lowest BCUT2D eigenvalue weighted by Crippen LogP contribution is -2.30. The normalized spacial score (nSPS) is 17.6. The third kappa shape index (κ3) is 3.34. The van der Waals surface area contributed by atoms with Crippen molar-refractivity contribution in [2.45, 2.75) is 19.9 Å². The van der Waals surface area contributed by atoms with Gasteiger partial charge in [0.25, 0.3) is 5.78 Å². The molecule has 9 heteroatoms. The number of anilines is 1. The maximum atomic E-state index is 13.2. The summed E-state index contributed by atoms with van der Waals surface area (Å²) in [5.74, 6) is -1.28. The molecule has 1 aliphatic rings. The van der Waals surface area contributed by atoms with Crippen LogP contribution in [0.2, 0.25) is 5.02 Å². The number of carbonyl (C=O) groups is 2. The highest BCUT2D eigenvalue weighted by atomic mass is 35.5. The topological polar surface area (TPSA) is 109 Å². The average Bonchev–Trinajstić information content (AvgIpc) is 3.53. The Morgan fingerprint density at radius 1 is 1.18 bits per heavy atom. The summed E-state index contributed by atoms with van der Waals surface area (Å²) in [6, 6.07) is 10.7. The summed E-state index contributed by atoms with van der Waals surface area (Å²) in [6.45, 7) is 3.95. The number of H-pyrrole nitrogens is 1. The summed E-state index contributed by atoms with van der Waals surface area (Å²) in [4.78, 5) is 35.3. The second-order valence-corrected chi connectivity index (χ2v) is 8.46. The van der Waals surface area contributed by atoms with Crippen LogP contribution in [-0.4, -0.2) is 33.9 Å². The van der Waals surface area contributed by atoms with Crippen LogP contribution in [0.1, 0.15) is 28.5 Å². The number of hydrogen-bond acceptors (Lipinski definition) is 6. The first kappa shape index (κ1) is 21.8. The molecular formula is C25H20ClN3O5. The van der Waals surface area contributed by atoms with Gasteiger partial charge in [-0.2, -0.15) is 0 Å². The van der Waals surface area contributed by atoms with Crippen molar-refractivity contribution in [3.05, 3.63) is 81.8 Å². The van der Waals surface area contributed by atoms with Crippen LogP contribution in [0, 0.1) is 13.8 Å². The van der Waals surface area contributed by atoms with E-state index in [0.29, 0.717) is 22.0 Å². The van der Waals surface area contributed by atoms with Crippen LogP contribution in [0.5, 0.6) is 5.75 Å². The van der Waals surface area contributed by atoms with E-state index in [1.165, 1.54) is 30.4 Å². The monoisotopic (exact) mass is 477 g/mol. The molecule has 5 rings (SSSR count). The van der Waals surface area contributed by atoms with E-state index in [4.69, 9.17) is 20.8 Å². The molecule has 8 nitrogen and oxygen atoms in total. The molecule has 172 valence electrons. The van der Waals surface area contributed by atoms with E-state index in [9.17, 15) is 14.7 Å². The van der Waals surface area contributed by atoms with Crippen LogP contribution in [0.15, 0.2) is 58.7 Å². The number of hydrogen-bond donors (Lipinski definition) is 2. The molecule has 2 aromatic carbocycles. The summed E-state index contributed by atoms with van der Waals surface area (Å²) in [5.41, 5.74) is 3.63. The molecular weight excluding hydrogens is 458 g/mol. The van der Waals surface area contributed by atoms with Gasteiger partial charge in [-0.05, 0) is 67.4 Å². The third-order valence-corrected chi connectivity index (χ3v) is 6.31. The Morgan fingerprint density at radius 3 is 2.65 bits per heavy atom. The largest absolute Gasteiger partial charge is 0.507 e. The minimum atomic E-state index is -1.03. The number of aryl methyl sites for hydroxylation is 2. The predicted octanol–water partition coefficient (Wildman–Crippen LogP) is 5.06. The molecule has 1 atom stereocenters. The van der Waals surface area contributed by atoms with Crippen molar-refractivity contribution in [1.82, 2.24) is 9.97 Å². The number of aromatic nitrogens is 2. The fourth-order valence-corrected chi connectivity index (χ4v) is 4.29. The molecule has 0 spiro atoms. The van der Waals surface area contributed by atoms with Crippen LogP contribution in [0.25, 0.3) is 16.8 Å². The molecule has 2 N–H and O–H groups in total. The van der Waals surface area contributed by atoms with E-state index in [2.05, 4.69) is 9.97 Å². The van der Waals surface area contributed by atoms with Crippen molar-refractivity contribution in [2.75, 3.05) is 12.0 Å². The van der Waals surface area contributed by atoms with Crippen LogP contribution in [0.4, 0.5) is 5.95 Å². The number of aliphatic hydroxyl groups excluding tert-OH is 1. The summed E-state index contributed by atoms with van der Waals surface area (Å²) in [6.07, 6.45) is 1.44. The number of ketones is 1. The number of methoxy groups -OCH3 is 1. The molecule has 1 unspecified atom stereocenters. The first-order valence-corrected chi connectivity index (χ1v) is 10.8. The van der Waals surface area contributed by atoms with Crippen molar-refractivity contribution >= 4 is 46.0 Å². The predicted molar refractivity (Wildman–Crippen MR) is 127 cm³/mol. The third-order valence-electron chi connectivity index (χ3n) is 5.99. The highest BCUT2D eigenvalue weighted by Crippen LogP contribution is 2.42. The van der Waals surface area contributed by atoms with E-state index in [0.717, 1.165) is 16.6 Å². The SMILES string of the molecule is COc1cc(/C(O)=C2\C(=O)C(=O)N(c3nc4cc(C)c(C)cc4[nH]3)C2c2ccco2)ccc1Cl. The van der Waals surface area contributed by atoms with Gasteiger partial charge in [-0.3, -0.25) is 14.5 Å². The van der Waals surface area contributed by atoms with Crippen LogP contribution in [0.3, 0.4) is 0 Å². The van der Waals surface area contributed by atoms with E-state index < -0.39 is 17.7 Å². The van der Waals surface area contributed by atoms with Gasteiger partial charge in [-0.25, -0.2) is 4.98 Å². The highest BCUT2D eigenvalue weighted by Gasteiger charge is 2.49. The van der Waals surface area contributed by atoms with Gasteiger partial charge in [0.1, 0.15) is 23.3 Å². The maximum Gasteiger partial charge on any atom is 0.302 e. The lowest BCUT2D eigenvalue weighted by molar-refractivity contribution is -0.132. The number of Topliss-reactive ketones (excluding diaryl/α,β-unsaturated/α-hetero) is 1. The molecule has 1 saturated heterocycles. The Morgan fingerprint density at radius 2 is 1.94 bits per heavy atom. The molecule has 2 aromatic heterocycles. The maximum absolute atomic E-state index is 13.2. The number of aromatic amines is 1. The quantitative estimate of drug-likeness (QED) is 0.241. The number of amides is 1. The molecule has 0 bridgehead atoms. The smallest absolute Gasteiger partial charge is 0.302 e. The Bertz CT molecular complexity index is 1450. The number of fused-ring (bicyclic) bond motifs is 1. The van der Waals surface area contributed by atoms with E-state index in [1.807, 2.05) is 26.0 Å². The lowest BCUT2D eigenvalue weighted by atomic mass is 9.99. The molecule has 0 aliphatic carbocycles. The average molecular weight is 478 g/mol. The van der Waals surface area contributed by atoms with Crippen molar-refractivity contribution in [3.63, 3.8) is 0 Å². The second-order valence-electron chi connectivity index (χ2n) is 8.05. The molecule has 0 saturated carbocycles. The van der Waals surface area contributed by atoms with Gasteiger partial charge >= 0.3 is 5.91 Å². The van der Waals surface area contributed by atoms with Crippen LogP contribution in [-0.2, 0) is 9.59 Å². The summed E-state index contributed by atoms with van der Waals surface area (Å²) >= 11 is 6.11. The van der Waals surface area contributed by atoms with E-state index in [-0.39, 0.29) is 22.8 Å². The van der Waals surface area contributed by atoms with Crippen molar-refractivity contribution in [1.29, 1.82) is 0 Å². The number of rotatable bonds is 4. The van der Waals surface area contributed by atoms with Crippen molar-refractivity contribution < 1.29 is 23.8 Å². The van der Waals surface area contributed by atoms with E-state index >= 15 is 0 Å². The molecule has 1 amide bonds. The summed E-state index contributed by atoms with van der Waals surface area (Å²) in [5, 5.41) is 11.5. The first-order chi connectivity index (χ1) is 16.3. The van der Waals surface area contributed by atoms with Gasteiger partial charge in [0.2, 0.25) is 5.95 Å². The minimum absolute atomic E-state index is 0.128. The van der Waals surface area contributed by atoms with Crippen LogP contribution >= 0.6 is 11.6 Å². The van der Waals surface area contributed by atoms with Gasteiger partial charge in [-0.15, -0.1) is 0 Å². The van der Waals surface area contributed by atoms with Crippen LogP contribution < -0.4 is 9.64 Å². The minimum Gasteiger partial charge on any atom is -0.507 e. The lowest BCUT2D eigenvalue weighted by Gasteiger charge is -2.20. The molecule has 3 heterocycles. The Balaban J connectivity index is 1.71. The Hall–Kier alpha value is -4.04. The number of imidazole rings is 1. The second kappa shape index (κ2) is 8.07. The molecule has 1 aliphatic heterocycles. The number of furan rings is 1. The van der Waals surface area contributed by atoms with Gasteiger partial charge in [0.15, 0.2) is 0 Å². The Labute approximate surface area is 199 Å². The number of nitrogens with one attached hydrogen (secondary N) is 1. The number of halogens is 1. The number of carbonyl (C=O) groups excluding carboxylic acids is 2. The summed E-state index contributed by atoms with van der Waals surface area (Å²) in [7, 11) is 1.44. The number of ether oxygens (including phenoxy) is 1. The van der Waals surface area contributed by atoms with E-state index in [1.54, 1.807) is 18.2 Å². The Kier molecular flexibility index (Phi) is 5.17. The zero-order valence-electron chi connectivity index (χ0n) is 18.5. The van der Waals surface area contributed by atoms with Gasteiger partial charge in [0, 0.05) is 5.56 Å². The molecule has 1 fully saturated rings. The number of benzene rings is 2. The van der Waals surface area contributed by atoms with Gasteiger partial charge < -0.3 is 19.2 Å². The number of aliphatic hydroxyl groups is 1. The fraction of sp³-hybridized carbons (Fsp3) is 0.160. The molecule has 4 aromatic rings. The molecule has 34 heavy (non-hydrogen) atoms. The summed E-state index contributed by atoms with van der Waals surface area (Å²) < 4.78 is 10.8. The molecule has 0 radical (unpaired) electrons. The zero-order valence-corrected chi connectivity index (χ0v) is 19.3. The van der Waals surface area contributed by atoms with Gasteiger partial charge in [0.05, 0.1) is 35.0 Å². The van der Waals surface area contributed by atoms with Crippen molar-refractivity contribution in [2.24, 2.45) is 0 Å². The fourth-order valence-electron chi connectivity index (χ4n) is 4.10.